The van der Waals surface area contributed by atoms with Crippen molar-refractivity contribution in [3.05, 3.63) is 29.6 Å². The van der Waals surface area contributed by atoms with Crippen LogP contribution in [0, 0.1) is 5.82 Å². The Morgan fingerprint density at radius 1 is 1.35 bits per heavy atom. The van der Waals surface area contributed by atoms with Crippen LogP contribution in [0.3, 0.4) is 0 Å². The number of hydrogen-bond donors (Lipinski definition) is 1. The SMILES string of the molecule is C[C@H](O)c1cccc(F)c1N(C)C1CCCC1. The van der Waals surface area contributed by atoms with Gasteiger partial charge in [0.15, 0.2) is 0 Å². The smallest absolute Gasteiger partial charge is 0.146 e. The van der Waals surface area contributed by atoms with Crippen molar-refractivity contribution >= 4 is 5.69 Å². The molecule has 1 aliphatic rings. The van der Waals surface area contributed by atoms with Crippen molar-refractivity contribution in [2.24, 2.45) is 0 Å². The Morgan fingerprint density at radius 2 is 2.00 bits per heavy atom. The normalized spacial score (nSPS) is 18.4. The van der Waals surface area contributed by atoms with Crippen molar-refractivity contribution in [3.8, 4) is 0 Å². The molecule has 1 saturated carbocycles. The third kappa shape index (κ3) is 2.44. The maximum Gasteiger partial charge on any atom is 0.146 e. The number of hydrogen-bond acceptors (Lipinski definition) is 2. The van der Waals surface area contributed by atoms with Gasteiger partial charge in [-0.05, 0) is 25.8 Å². The third-order valence-corrected chi connectivity index (χ3v) is 3.69. The van der Waals surface area contributed by atoms with Crippen molar-refractivity contribution in [1.29, 1.82) is 0 Å². The summed E-state index contributed by atoms with van der Waals surface area (Å²) in [6.07, 6.45) is 4.03. The van der Waals surface area contributed by atoms with Gasteiger partial charge in [0.25, 0.3) is 0 Å². The monoisotopic (exact) mass is 237 g/mol. The van der Waals surface area contributed by atoms with Crippen LogP contribution >= 0.6 is 0 Å². The van der Waals surface area contributed by atoms with Crippen LogP contribution < -0.4 is 4.90 Å². The molecule has 0 spiro atoms. The Balaban J connectivity index is 2.35. The summed E-state index contributed by atoms with van der Waals surface area (Å²) >= 11 is 0. The Morgan fingerprint density at radius 3 is 2.59 bits per heavy atom. The average Bonchev–Trinajstić information content (AvgIpc) is 2.81. The molecule has 0 unspecified atom stereocenters. The molecular formula is C14H20FNO. The van der Waals surface area contributed by atoms with Gasteiger partial charge in [0, 0.05) is 18.7 Å². The van der Waals surface area contributed by atoms with E-state index in [0.29, 0.717) is 17.3 Å². The van der Waals surface area contributed by atoms with Crippen LogP contribution in [0.15, 0.2) is 18.2 Å². The van der Waals surface area contributed by atoms with Crippen LogP contribution in [0.4, 0.5) is 10.1 Å². The van der Waals surface area contributed by atoms with Gasteiger partial charge in [-0.3, -0.25) is 0 Å². The zero-order valence-electron chi connectivity index (χ0n) is 10.5. The van der Waals surface area contributed by atoms with E-state index in [1.165, 1.54) is 18.9 Å². The molecular weight excluding hydrogens is 217 g/mol. The van der Waals surface area contributed by atoms with Gasteiger partial charge in [0.1, 0.15) is 5.82 Å². The van der Waals surface area contributed by atoms with Crippen LogP contribution in [0.25, 0.3) is 0 Å². The number of anilines is 1. The summed E-state index contributed by atoms with van der Waals surface area (Å²) in [5, 5.41) is 9.73. The zero-order valence-corrected chi connectivity index (χ0v) is 10.5. The Hall–Kier alpha value is -1.09. The first-order valence-corrected chi connectivity index (χ1v) is 6.30. The number of nitrogens with zero attached hydrogens (tertiary/aromatic N) is 1. The molecule has 17 heavy (non-hydrogen) atoms. The molecule has 2 rings (SSSR count). The topological polar surface area (TPSA) is 23.5 Å². The molecule has 1 atom stereocenters. The van der Waals surface area contributed by atoms with E-state index in [2.05, 4.69) is 0 Å². The maximum absolute atomic E-state index is 14.0. The predicted molar refractivity (Wildman–Crippen MR) is 67.7 cm³/mol. The minimum atomic E-state index is -0.635. The molecule has 0 bridgehead atoms. The Bertz CT molecular complexity index is 386. The van der Waals surface area contributed by atoms with E-state index in [1.807, 2.05) is 11.9 Å². The lowest BCUT2D eigenvalue weighted by molar-refractivity contribution is 0.199. The number of para-hydroxylation sites is 1. The number of rotatable bonds is 3. The first-order valence-electron chi connectivity index (χ1n) is 6.30. The van der Waals surface area contributed by atoms with Crippen molar-refractivity contribution in [2.45, 2.75) is 44.8 Å². The summed E-state index contributed by atoms with van der Waals surface area (Å²) < 4.78 is 14.0. The van der Waals surface area contributed by atoms with Crippen molar-refractivity contribution in [2.75, 3.05) is 11.9 Å². The van der Waals surface area contributed by atoms with E-state index in [1.54, 1.807) is 19.1 Å². The first-order chi connectivity index (χ1) is 8.11. The largest absolute Gasteiger partial charge is 0.389 e. The minimum Gasteiger partial charge on any atom is -0.389 e. The fraction of sp³-hybridized carbons (Fsp3) is 0.571. The van der Waals surface area contributed by atoms with Crippen molar-refractivity contribution < 1.29 is 9.50 Å². The summed E-state index contributed by atoms with van der Waals surface area (Å²) in [7, 11) is 1.93. The summed E-state index contributed by atoms with van der Waals surface area (Å²) in [5.74, 6) is -0.238. The van der Waals surface area contributed by atoms with Crippen molar-refractivity contribution in [3.63, 3.8) is 0 Å². The summed E-state index contributed by atoms with van der Waals surface area (Å²) in [6, 6.07) is 5.33. The van der Waals surface area contributed by atoms with Crippen LogP contribution in [-0.4, -0.2) is 18.2 Å². The molecule has 0 aromatic heterocycles. The van der Waals surface area contributed by atoms with Gasteiger partial charge in [0.05, 0.1) is 11.8 Å². The molecule has 0 aliphatic heterocycles. The van der Waals surface area contributed by atoms with Crippen LogP contribution in [-0.2, 0) is 0 Å². The predicted octanol–water partition coefficient (Wildman–Crippen LogP) is 3.26. The second-order valence-corrected chi connectivity index (χ2v) is 4.90. The molecule has 0 saturated heterocycles. The second kappa shape index (κ2) is 5.05. The van der Waals surface area contributed by atoms with Crippen LogP contribution in [0.2, 0.25) is 0 Å². The lowest BCUT2D eigenvalue weighted by atomic mass is 10.1. The van der Waals surface area contributed by atoms with E-state index in [0.717, 1.165) is 12.8 Å². The number of benzene rings is 1. The second-order valence-electron chi connectivity index (χ2n) is 4.90. The highest BCUT2D eigenvalue weighted by atomic mass is 19.1. The molecule has 94 valence electrons. The highest BCUT2D eigenvalue weighted by molar-refractivity contribution is 5.56. The van der Waals surface area contributed by atoms with Gasteiger partial charge < -0.3 is 10.0 Å². The van der Waals surface area contributed by atoms with E-state index in [-0.39, 0.29) is 5.82 Å². The first kappa shape index (κ1) is 12.4. The molecule has 0 heterocycles. The van der Waals surface area contributed by atoms with E-state index < -0.39 is 6.10 Å². The average molecular weight is 237 g/mol. The van der Waals surface area contributed by atoms with E-state index in [4.69, 9.17) is 0 Å². The standard InChI is InChI=1S/C14H20FNO/c1-10(17)12-8-5-9-13(15)14(12)16(2)11-6-3-4-7-11/h5,8-11,17H,3-4,6-7H2,1-2H3/t10-/m0/s1. The highest BCUT2D eigenvalue weighted by Gasteiger charge is 2.24. The summed E-state index contributed by atoms with van der Waals surface area (Å²) in [4.78, 5) is 2.00. The third-order valence-electron chi connectivity index (χ3n) is 3.69. The zero-order chi connectivity index (χ0) is 12.4. The molecule has 1 N–H and O–H groups in total. The fourth-order valence-electron chi connectivity index (χ4n) is 2.72. The minimum absolute atomic E-state index is 0.238. The van der Waals surface area contributed by atoms with Crippen molar-refractivity contribution in [1.82, 2.24) is 0 Å². The fourth-order valence-corrected chi connectivity index (χ4v) is 2.72. The Labute approximate surface area is 102 Å². The molecule has 1 aromatic carbocycles. The molecule has 0 amide bonds. The quantitative estimate of drug-likeness (QED) is 0.872. The lowest BCUT2D eigenvalue weighted by Gasteiger charge is -2.29. The number of halogens is 1. The van der Waals surface area contributed by atoms with Gasteiger partial charge in [0.2, 0.25) is 0 Å². The molecule has 3 heteroatoms. The molecule has 1 aromatic rings. The van der Waals surface area contributed by atoms with Gasteiger partial charge in [-0.1, -0.05) is 25.0 Å². The van der Waals surface area contributed by atoms with Gasteiger partial charge >= 0.3 is 0 Å². The maximum atomic E-state index is 14.0. The summed E-state index contributed by atoms with van der Waals surface area (Å²) in [6.45, 7) is 1.68. The van der Waals surface area contributed by atoms with Gasteiger partial charge in [-0.15, -0.1) is 0 Å². The van der Waals surface area contributed by atoms with E-state index >= 15 is 0 Å². The molecule has 1 fully saturated rings. The molecule has 0 radical (unpaired) electrons. The highest BCUT2D eigenvalue weighted by Crippen LogP contribution is 2.33. The number of aliphatic hydroxyl groups excluding tert-OH is 1. The summed E-state index contributed by atoms with van der Waals surface area (Å²) in [5.41, 5.74) is 1.24. The lowest BCUT2D eigenvalue weighted by Crippen LogP contribution is -2.30. The molecule has 1 aliphatic carbocycles. The van der Waals surface area contributed by atoms with Crippen LogP contribution in [0.1, 0.15) is 44.3 Å². The van der Waals surface area contributed by atoms with Crippen LogP contribution in [0.5, 0.6) is 0 Å². The van der Waals surface area contributed by atoms with E-state index in [9.17, 15) is 9.50 Å². The van der Waals surface area contributed by atoms with Gasteiger partial charge in [-0.2, -0.15) is 0 Å². The number of aliphatic hydroxyl groups is 1. The Kier molecular flexibility index (Phi) is 3.67. The molecule has 2 nitrogen and oxygen atoms in total. The van der Waals surface area contributed by atoms with Gasteiger partial charge in [-0.25, -0.2) is 4.39 Å².